The summed E-state index contributed by atoms with van der Waals surface area (Å²) in [5.41, 5.74) is 2.06. The highest BCUT2D eigenvalue weighted by atomic mass is 35.5. The maximum Gasteiger partial charge on any atom is 0.154 e. The van der Waals surface area contributed by atoms with Gasteiger partial charge < -0.3 is 9.64 Å². The predicted molar refractivity (Wildman–Crippen MR) is 81.9 cm³/mol. The molecule has 2 heterocycles. The molecule has 0 aliphatic rings. The number of methoxy groups -OCH3 is 1. The molecule has 0 fully saturated rings. The van der Waals surface area contributed by atoms with Crippen molar-refractivity contribution >= 4 is 22.9 Å². The Morgan fingerprint density at radius 3 is 2.85 bits per heavy atom. The molecule has 2 aromatic heterocycles. The normalized spacial score (nSPS) is 13.1. The molecule has 0 saturated heterocycles. The summed E-state index contributed by atoms with van der Waals surface area (Å²) >= 11 is 6.22. The fourth-order valence-electron chi connectivity index (χ4n) is 2.12. The summed E-state index contributed by atoms with van der Waals surface area (Å²) in [6.07, 6.45) is 3.63. The van der Waals surface area contributed by atoms with Crippen LogP contribution < -0.4 is 4.90 Å². The second-order valence-corrected chi connectivity index (χ2v) is 5.85. The molecule has 110 valence electrons. The lowest BCUT2D eigenvalue weighted by Gasteiger charge is -2.21. The topological polar surface area (TPSA) is 42.7 Å². The van der Waals surface area contributed by atoms with Crippen LogP contribution in [0.2, 0.25) is 0 Å². The number of fused-ring (bicyclic) bond motifs is 1. The largest absolute Gasteiger partial charge is 0.383 e. The predicted octanol–water partition coefficient (Wildman–Crippen LogP) is 2.54. The van der Waals surface area contributed by atoms with Crippen LogP contribution in [-0.2, 0) is 4.74 Å². The van der Waals surface area contributed by atoms with Gasteiger partial charge in [-0.1, -0.05) is 13.8 Å². The zero-order chi connectivity index (χ0) is 14.7. The van der Waals surface area contributed by atoms with Crippen molar-refractivity contribution in [3.63, 3.8) is 0 Å². The van der Waals surface area contributed by atoms with Crippen molar-refractivity contribution in [2.45, 2.75) is 25.1 Å². The quantitative estimate of drug-likeness (QED) is 0.768. The molecule has 0 bridgehead atoms. The SMILES string of the molecule is COCC(Cl)CN(C)c1nccn2nc(C(C)C)cc12. The third-order valence-electron chi connectivity index (χ3n) is 3.16. The third-order valence-corrected chi connectivity index (χ3v) is 3.42. The zero-order valence-electron chi connectivity index (χ0n) is 12.4. The minimum Gasteiger partial charge on any atom is -0.383 e. The van der Waals surface area contributed by atoms with Crippen molar-refractivity contribution < 1.29 is 4.74 Å². The number of nitrogens with zero attached hydrogens (tertiary/aromatic N) is 4. The Bertz CT molecular complexity index is 569. The van der Waals surface area contributed by atoms with Gasteiger partial charge in [0.1, 0.15) is 5.52 Å². The van der Waals surface area contributed by atoms with Crippen molar-refractivity contribution in [3.05, 3.63) is 24.2 Å². The first-order valence-electron chi connectivity index (χ1n) is 6.71. The molecule has 0 aliphatic carbocycles. The van der Waals surface area contributed by atoms with Crippen LogP contribution in [0.4, 0.5) is 5.82 Å². The van der Waals surface area contributed by atoms with Gasteiger partial charge in [0.05, 0.1) is 17.7 Å². The van der Waals surface area contributed by atoms with E-state index in [0.717, 1.165) is 17.0 Å². The lowest BCUT2D eigenvalue weighted by molar-refractivity contribution is 0.199. The maximum absolute atomic E-state index is 6.22. The van der Waals surface area contributed by atoms with Crippen LogP contribution in [0.25, 0.3) is 5.52 Å². The average molecular weight is 297 g/mol. The van der Waals surface area contributed by atoms with Gasteiger partial charge in [-0.05, 0) is 12.0 Å². The number of rotatable bonds is 6. The number of halogens is 1. The van der Waals surface area contributed by atoms with Gasteiger partial charge in [0.2, 0.25) is 0 Å². The first-order chi connectivity index (χ1) is 9.52. The highest BCUT2D eigenvalue weighted by molar-refractivity contribution is 6.21. The van der Waals surface area contributed by atoms with Crippen LogP contribution in [0.15, 0.2) is 18.5 Å². The van der Waals surface area contributed by atoms with E-state index in [4.69, 9.17) is 16.3 Å². The zero-order valence-corrected chi connectivity index (χ0v) is 13.1. The van der Waals surface area contributed by atoms with E-state index in [1.165, 1.54) is 0 Å². The second kappa shape index (κ2) is 6.41. The summed E-state index contributed by atoms with van der Waals surface area (Å²) in [5.74, 6) is 1.27. The molecule has 0 spiro atoms. The summed E-state index contributed by atoms with van der Waals surface area (Å²) in [7, 11) is 3.63. The molecule has 2 rings (SSSR count). The van der Waals surface area contributed by atoms with Crippen molar-refractivity contribution in [2.24, 2.45) is 0 Å². The van der Waals surface area contributed by atoms with Crippen LogP contribution in [0.5, 0.6) is 0 Å². The van der Waals surface area contributed by atoms with E-state index in [-0.39, 0.29) is 5.38 Å². The number of anilines is 1. The fraction of sp³-hybridized carbons (Fsp3) is 0.571. The lowest BCUT2D eigenvalue weighted by atomic mass is 10.1. The van der Waals surface area contributed by atoms with Gasteiger partial charge in [0.25, 0.3) is 0 Å². The van der Waals surface area contributed by atoms with E-state index in [2.05, 4.69) is 30.0 Å². The summed E-state index contributed by atoms with van der Waals surface area (Å²) in [6.45, 7) is 5.45. The van der Waals surface area contributed by atoms with Gasteiger partial charge in [-0.2, -0.15) is 5.10 Å². The highest BCUT2D eigenvalue weighted by Crippen LogP contribution is 2.22. The van der Waals surface area contributed by atoms with E-state index in [1.54, 1.807) is 13.3 Å². The van der Waals surface area contributed by atoms with Crippen molar-refractivity contribution in [1.82, 2.24) is 14.6 Å². The number of ether oxygens (including phenoxy) is 1. The van der Waals surface area contributed by atoms with Gasteiger partial charge in [-0.3, -0.25) is 0 Å². The summed E-state index contributed by atoms with van der Waals surface area (Å²) in [6, 6.07) is 2.09. The van der Waals surface area contributed by atoms with E-state index >= 15 is 0 Å². The summed E-state index contributed by atoms with van der Waals surface area (Å²) in [4.78, 5) is 6.50. The number of hydrogen-bond donors (Lipinski definition) is 0. The molecule has 20 heavy (non-hydrogen) atoms. The van der Waals surface area contributed by atoms with Gasteiger partial charge in [0.15, 0.2) is 5.82 Å². The van der Waals surface area contributed by atoms with E-state index in [9.17, 15) is 0 Å². The average Bonchev–Trinajstić information content (AvgIpc) is 2.82. The van der Waals surface area contributed by atoms with Crippen LogP contribution in [-0.4, -0.2) is 47.3 Å². The highest BCUT2D eigenvalue weighted by Gasteiger charge is 2.15. The maximum atomic E-state index is 6.22. The molecular formula is C14H21ClN4O. The standard InChI is InChI=1S/C14H21ClN4O/c1-10(2)12-7-13-14(16-5-6-19(13)17-12)18(3)8-11(15)9-20-4/h5-7,10-11H,8-9H2,1-4H3. The van der Waals surface area contributed by atoms with Gasteiger partial charge in [-0.25, -0.2) is 9.50 Å². The Kier molecular flexibility index (Phi) is 4.83. The number of hydrogen-bond acceptors (Lipinski definition) is 4. The summed E-state index contributed by atoms with van der Waals surface area (Å²) < 4.78 is 6.94. The minimum absolute atomic E-state index is 0.0699. The Balaban J connectivity index is 2.29. The van der Waals surface area contributed by atoms with Crippen molar-refractivity contribution in [2.75, 3.05) is 32.2 Å². The van der Waals surface area contributed by atoms with Crippen LogP contribution in [0, 0.1) is 0 Å². The monoisotopic (exact) mass is 296 g/mol. The van der Waals surface area contributed by atoms with Gasteiger partial charge >= 0.3 is 0 Å². The smallest absolute Gasteiger partial charge is 0.154 e. The molecule has 6 heteroatoms. The molecule has 1 atom stereocenters. The number of aromatic nitrogens is 3. The Morgan fingerprint density at radius 2 is 2.20 bits per heavy atom. The molecule has 0 N–H and O–H groups in total. The first kappa shape index (κ1) is 15.1. The molecule has 0 radical (unpaired) electrons. The minimum atomic E-state index is -0.0699. The Morgan fingerprint density at radius 1 is 1.45 bits per heavy atom. The molecule has 2 aromatic rings. The van der Waals surface area contributed by atoms with Crippen molar-refractivity contribution in [1.29, 1.82) is 0 Å². The molecule has 1 unspecified atom stereocenters. The molecule has 0 aromatic carbocycles. The van der Waals surface area contributed by atoms with E-state index in [0.29, 0.717) is 19.1 Å². The lowest BCUT2D eigenvalue weighted by Crippen LogP contribution is -2.29. The van der Waals surface area contributed by atoms with Crippen LogP contribution in [0.1, 0.15) is 25.5 Å². The first-order valence-corrected chi connectivity index (χ1v) is 7.15. The molecular weight excluding hydrogens is 276 g/mol. The van der Waals surface area contributed by atoms with E-state index < -0.39 is 0 Å². The molecule has 0 aliphatic heterocycles. The van der Waals surface area contributed by atoms with Gasteiger partial charge in [0, 0.05) is 33.1 Å². The van der Waals surface area contributed by atoms with Gasteiger partial charge in [-0.15, -0.1) is 11.6 Å². The van der Waals surface area contributed by atoms with Crippen LogP contribution in [0.3, 0.4) is 0 Å². The number of alkyl halides is 1. The summed E-state index contributed by atoms with van der Waals surface area (Å²) in [5, 5.41) is 4.49. The Labute approximate surface area is 124 Å². The second-order valence-electron chi connectivity index (χ2n) is 5.24. The van der Waals surface area contributed by atoms with Crippen LogP contribution >= 0.6 is 11.6 Å². The third kappa shape index (κ3) is 3.22. The fourth-order valence-corrected chi connectivity index (χ4v) is 2.45. The van der Waals surface area contributed by atoms with Crippen molar-refractivity contribution in [3.8, 4) is 0 Å². The molecule has 5 nitrogen and oxygen atoms in total. The molecule has 0 amide bonds. The van der Waals surface area contributed by atoms with E-state index in [1.807, 2.05) is 22.7 Å². The molecule has 0 saturated carbocycles. The Hall–Kier alpha value is -1.33.